The van der Waals surface area contributed by atoms with E-state index >= 15 is 0 Å². The fourth-order valence-corrected chi connectivity index (χ4v) is 4.30. The van der Waals surface area contributed by atoms with Gasteiger partial charge in [0, 0.05) is 26.2 Å². The normalized spacial score (nSPS) is 16.4. The van der Waals surface area contributed by atoms with Crippen molar-refractivity contribution in [3.05, 3.63) is 58.4 Å². The number of fused-ring (bicyclic) bond motifs is 1. The molecule has 2 heterocycles. The number of alkyl halides is 9. The molecule has 0 saturated heterocycles. The predicted molar refractivity (Wildman–Crippen MR) is 123 cm³/mol. The molecule has 6 nitrogen and oxygen atoms in total. The number of amides is 2. The highest BCUT2D eigenvalue weighted by atomic mass is 19.4. The van der Waals surface area contributed by atoms with E-state index in [9.17, 15) is 49.1 Å². The van der Waals surface area contributed by atoms with Crippen LogP contribution in [0.5, 0.6) is 0 Å². The van der Waals surface area contributed by atoms with Gasteiger partial charge < -0.3 is 9.64 Å². The summed E-state index contributed by atoms with van der Waals surface area (Å²) in [5.74, 6) is -0.790. The molecule has 15 heteroatoms. The summed E-state index contributed by atoms with van der Waals surface area (Å²) in [6, 6.07) is 0.341. The van der Waals surface area contributed by atoms with E-state index in [4.69, 9.17) is 4.74 Å². The van der Waals surface area contributed by atoms with Crippen molar-refractivity contribution in [1.29, 1.82) is 0 Å². The van der Waals surface area contributed by atoms with Crippen LogP contribution in [0.2, 0.25) is 0 Å². The molecule has 0 radical (unpaired) electrons. The fraction of sp³-hybridized carbons (Fsp3) is 0.480. The van der Waals surface area contributed by atoms with Crippen LogP contribution in [-0.4, -0.2) is 34.5 Å². The summed E-state index contributed by atoms with van der Waals surface area (Å²) in [5.41, 5.74) is -5.42. The Hall–Kier alpha value is -3.52. The molecule has 220 valence electrons. The standard InChI is InChI=1S/C25H24F9N3O3/c1-13(2)40-22(39)36-6-4-5-19(21-20(36)10-18(11-35-21)25(32,33)34)37(14(3)38)12-15-7-16(23(26,27)28)9-17(8-15)24(29,30)31/h7-11,13,19H,4-6,12H2,1-3H3. The Balaban J connectivity index is 2.14. The summed E-state index contributed by atoms with van der Waals surface area (Å²) in [4.78, 5) is 31.2. The van der Waals surface area contributed by atoms with Crippen LogP contribution < -0.4 is 4.90 Å². The monoisotopic (exact) mass is 585 g/mol. The quantitative estimate of drug-likeness (QED) is 0.352. The first-order valence-corrected chi connectivity index (χ1v) is 11.9. The van der Waals surface area contributed by atoms with Crippen molar-refractivity contribution in [1.82, 2.24) is 9.88 Å². The summed E-state index contributed by atoms with van der Waals surface area (Å²) >= 11 is 0. The highest BCUT2D eigenvalue weighted by Gasteiger charge is 2.40. The number of ether oxygens (including phenoxy) is 1. The minimum absolute atomic E-state index is 0.0124. The molecule has 2 aromatic rings. The molecule has 1 aliphatic heterocycles. The van der Waals surface area contributed by atoms with Gasteiger partial charge >= 0.3 is 24.6 Å². The number of pyridine rings is 1. The number of hydrogen-bond donors (Lipinski definition) is 0. The number of carbonyl (C=O) groups excluding carboxylic acids is 2. The molecule has 1 aromatic carbocycles. The highest BCUT2D eigenvalue weighted by molar-refractivity contribution is 5.89. The molecule has 3 rings (SSSR count). The number of carbonyl (C=O) groups is 2. The number of halogens is 9. The van der Waals surface area contributed by atoms with Gasteiger partial charge in [0.1, 0.15) is 0 Å². The van der Waals surface area contributed by atoms with E-state index in [0.29, 0.717) is 24.4 Å². The second-order valence-electron chi connectivity index (χ2n) is 9.43. The third-order valence-corrected chi connectivity index (χ3v) is 6.03. The third-order valence-electron chi connectivity index (χ3n) is 6.03. The molecule has 2 amide bonds. The van der Waals surface area contributed by atoms with Crippen LogP contribution in [0.1, 0.15) is 67.6 Å². The number of anilines is 1. The Morgan fingerprint density at radius 1 is 0.950 bits per heavy atom. The van der Waals surface area contributed by atoms with Crippen molar-refractivity contribution in [3.63, 3.8) is 0 Å². The van der Waals surface area contributed by atoms with Gasteiger partial charge in [-0.3, -0.25) is 14.7 Å². The number of nitrogens with zero attached hydrogens (tertiary/aromatic N) is 3. The van der Waals surface area contributed by atoms with Gasteiger partial charge in [-0.2, -0.15) is 39.5 Å². The SMILES string of the molecule is CC(=O)N(Cc1cc(C(F)(F)F)cc(C(F)(F)F)c1)C1CCCN(C(=O)OC(C)C)c2cc(C(F)(F)F)cnc21. The van der Waals surface area contributed by atoms with E-state index in [-0.39, 0.29) is 36.8 Å². The minimum atomic E-state index is -5.13. The third kappa shape index (κ3) is 7.16. The maximum Gasteiger partial charge on any atom is 0.417 e. The molecular formula is C25H24F9N3O3. The van der Waals surface area contributed by atoms with Crippen LogP contribution >= 0.6 is 0 Å². The largest absolute Gasteiger partial charge is 0.446 e. The summed E-state index contributed by atoms with van der Waals surface area (Å²) < 4.78 is 126. The van der Waals surface area contributed by atoms with Gasteiger partial charge in [-0.05, 0) is 56.5 Å². The van der Waals surface area contributed by atoms with Crippen LogP contribution in [0.15, 0.2) is 30.5 Å². The summed E-state index contributed by atoms with van der Waals surface area (Å²) in [5, 5.41) is 0. The van der Waals surface area contributed by atoms with Crippen molar-refractivity contribution >= 4 is 17.7 Å². The number of hydrogen-bond acceptors (Lipinski definition) is 4. The highest BCUT2D eigenvalue weighted by Crippen LogP contribution is 2.41. The van der Waals surface area contributed by atoms with Gasteiger partial charge in [0.2, 0.25) is 5.91 Å². The lowest BCUT2D eigenvalue weighted by molar-refractivity contribution is -0.143. The molecule has 0 spiro atoms. The lowest BCUT2D eigenvalue weighted by Gasteiger charge is -2.32. The molecule has 1 unspecified atom stereocenters. The maximum atomic E-state index is 13.5. The molecule has 0 bridgehead atoms. The van der Waals surface area contributed by atoms with Crippen molar-refractivity contribution < 1.29 is 53.8 Å². The molecular weight excluding hydrogens is 561 g/mol. The van der Waals surface area contributed by atoms with E-state index < -0.39 is 71.5 Å². The van der Waals surface area contributed by atoms with Crippen LogP contribution in [0.25, 0.3) is 0 Å². The first-order chi connectivity index (χ1) is 18.3. The zero-order valence-corrected chi connectivity index (χ0v) is 21.3. The van der Waals surface area contributed by atoms with Gasteiger partial charge in [-0.25, -0.2) is 4.79 Å². The Morgan fingerprint density at radius 3 is 1.98 bits per heavy atom. The van der Waals surface area contributed by atoms with E-state index in [1.54, 1.807) is 0 Å². The lowest BCUT2D eigenvalue weighted by Crippen LogP contribution is -2.35. The molecule has 1 aromatic heterocycles. The first-order valence-electron chi connectivity index (χ1n) is 11.9. The Morgan fingerprint density at radius 2 is 1.50 bits per heavy atom. The van der Waals surface area contributed by atoms with E-state index in [2.05, 4.69) is 4.98 Å². The van der Waals surface area contributed by atoms with Crippen LogP contribution in [0.4, 0.5) is 50.0 Å². The van der Waals surface area contributed by atoms with E-state index in [1.165, 1.54) is 13.8 Å². The first kappa shape index (κ1) is 31.0. The average Bonchev–Trinajstić information content (AvgIpc) is 2.99. The molecule has 40 heavy (non-hydrogen) atoms. The topological polar surface area (TPSA) is 62.7 Å². The number of rotatable bonds is 4. The van der Waals surface area contributed by atoms with Gasteiger partial charge in [-0.15, -0.1) is 0 Å². The minimum Gasteiger partial charge on any atom is -0.446 e. The van der Waals surface area contributed by atoms with Crippen molar-refractivity contribution in [2.75, 3.05) is 11.4 Å². The Labute approximate surface area is 222 Å². The van der Waals surface area contributed by atoms with Crippen LogP contribution in [0, 0.1) is 0 Å². The summed E-state index contributed by atoms with van der Waals surface area (Å²) in [6.45, 7) is 3.16. The Bertz CT molecular complexity index is 1220. The molecule has 1 atom stereocenters. The van der Waals surface area contributed by atoms with Gasteiger partial charge in [0.15, 0.2) is 0 Å². The summed E-state index contributed by atoms with van der Waals surface area (Å²) in [6.07, 6.45) is -16.2. The predicted octanol–water partition coefficient (Wildman–Crippen LogP) is 7.37. The van der Waals surface area contributed by atoms with Gasteiger partial charge in [0.25, 0.3) is 0 Å². The Kier molecular flexibility index (Phi) is 8.65. The van der Waals surface area contributed by atoms with Crippen molar-refractivity contribution in [2.24, 2.45) is 0 Å². The zero-order chi connectivity index (χ0) is 30.2. The average molecular weight is 585 g/mol. The second kappa shape index (κ2) is 11.2. The van der Waals surface area contributed by atoms with Gasteiger partial charge in [0.05, 0.1) is 40.2 Å². The summed E-state index contributed by atoms with van der Waals surface area (Å²) in [7, 11) is 0. The van der Waals surface area contributed by atoms with Crippen molar-refractivity contribution in [3.8, 4) is 0 Å². The maximum absolute atomic E-state index is 13.5. The molecule has 0 N–H and O–H groups in total. The van der Waals surface area contributed by atoms with E-state index in [0.717, 1.165) is 16.7 Å². The van der Waals surface area contributed by atoms with Gasteiger partial charge in [-0.1, -0.05) is 0 Å². The lowest BCUT2D eigenvalue weighted by atomic mass is 10.0. The number of aromatic nitrogens is 1. The second-order valence-corrected chi connectivity index (χ2v) is 9.43. The molecule has 1 aliphatic rings. The van der Waals surface area contributed by atoms with Crippen LogP contribution in [-0.2, 0) is 34.6 Å². The smallest absolute Gasteiger partial charge is 0.417 e. The van der Waals surface area contributed by atoms with Crippen LogP contribution in [0.3, 0.4) is 0 Å². The molecule has 0 saturated carbocycles. The van der Waals surface area contributed by atoms with Crippen molar-refractivity contribution in [2.45, 2.75) is 70.8 Å². The fourth-order valence-electron chi connectivity index (χ4n) is 4.30. The molecule has 0 aliphatic carbocycles. The van der Waals surface area contributed by atoms with E-state index in [1.807, 2.05) is 0 Å². The number of benzene rings is 1. The molecule has 0 fully saturated rings. The zero-order valence-electron chi connectivity index (χ0n) is 21.3.